The molecule has 0 nitrogen and oxygen atoms in total. The van der Waals surface area contributed by atoms with Crippen molar-refractivity contribution in [1.29, 1.82) is 0 Å². The molecule has 0 unspecified atom stereocenters. The molecule has 0 saturated heterocycles. The van der Waals surface area contributed by atoms with Crippen molar-refractivity contribution in [3.05, 3.63) is 75.8 Å². The molecule has 0 N–H and O–H groups in total. The minimum absolute atomic E-state index is 0.479. The molecule has 3 radical (unpaired) electrons. The van der Waals surface area contributed by atoms with E-state index in [0.717, 1.165) is 0 Å². The molecule has 0 aliphatic rings. The SMILES string of the molecule is CC(C)c1cc(C(C)C)c(-c2cccc(-c3c(C(C)C)cc(C(C)C)cc3C(C)C)[c]2[Sn])c(C(C)C)c1.C[Si](C)(C)P[Si](C)(C)C. The van der Waals surface area contributed by atoms with Crippen molar-refractivity contribution >= 4 is 49.3 Å². The fourth-order valence-electron chi connectivity index (χ4n) is 6.63. The zero-order chi connectivity index (χ0) is 35.5. The second kappa shape index (κ2) is 16.8. The molecule has 0 amide bonds. The maximum atomic E-state index is 2.50. The van der Waals surface area contributed by atoms with Crippen LogP contribution in [-0.2, 0) is 0 Å². The van der Waals surface area contributed by atoms with Crippen LogP contribution in [0, 0.1) is 0 Å². The minimum atomic E-state index is -0.703. The van der Waals surface area contributed by atoms with Crippen LogP contribution in [0.5, 0.6) is 0 Å². The van der Waals surface area contributed by atoms with Gasteiger partial charge in [-0.2, -0.15) is 0 Å². The van der Waals surface area contributed by atoms with Crippen LogP contribution in [0.15, 0.2) is 42.5 Å². The molecular formula is C42H68PSi2Sn. The first-order chi connectivity index (χ1) is 21.0. The Kier molecular flexibility index (Phi) is 15.2. The van der Waals surface area contributed by atoms with E-state index < -0.39 is 15.5 Å². The second-order valence-electron chi connectivity index (χ2n) is 17.4. The molecule has 0 atom stereocenters. The number of rotatable bonds is 10. The van der Waals surface area contributed by atoms with E-state index in [0.29, 0.717) is 35.5 Å². The van der Waals surface area contributed by atoms with E-state index in [9.17, 15) is 0 Å². The Balaban J connectivity index is 0.000000713. The maximum absolute atomic E-state index is 2.50. The first-order valence-corrected chi connectivity index (χ1v) is 29.4. The number of hydrogen-bond donors (Lipinski definition) is 0. The van der Waals surface area contributed by atoms with Gasteiger partial charge in [0.15, 0.2) is 0 Å². The Morgan fingerprint density at radius 3 is 0.891 bits per heavy atom. The van der Waals surface area contributed by atoms with Crippen LogP contribution in [0.3, 0.4) is 0 Å². The van der Waals surface area contributed by atoms with Crippen molar-refractivity contribution in [2.45, 2.75) is 158 Å². The van der Waals surface area contributed by atoms with Gasteiger partial charge in [0.05, 0.1) is 15.5 Å². The van der Waals surface area contributed by atoms with E-state index in [4.69, 9.17) is 0 Å². The topological polar surface area (TPSA) is 0 Å². The third-order valence-electron chi connectivity index (χ3n) is 8.62. The third kappa shape index (κ3) is 11.2. The van der Waals surface area contributed by atoms with Crippen molar-refractivity contribution in [2.24, 2.45) is 0 Å². The third-order valence-corrected chi connectivity index (χ3v) is 29.7. The van der Waals surface area contributed by atoms with Crippen LogP contribution in [0.25, 0.3) is 22.3 Å². The zero-order valence-electron chi connectivity index (χ0n) is 33.0. The molecule has 0 saturated carbocycles. The largest absolute Gasteiger partial charge is 0.145 e. The average Bonchev–Trinajstić information content (AvgIpc) is 2.89. The maximum Gasteiger partial charge on any atom is 0.0646 e. The summed E-state index contributed by atoms with van der Waals surface area (Å²) < 4.78 is 1.50. The van der Waals surface area contributed by atoms with Crippen molar-refractivity contribution in [3.8, 4) is 22.3 Å². The molecular weight excluding hydrogens is 710 g/mol. The van der Waals surface area contributed by atoms with Crippen molar-refractivity contribution in [3.63, 3.8) is 0 Å². The van der Waals surface area contributed by atoms with Crippen LogP contribution < -0.4 is 3.58 Å². The Bertz CT molecular complexity index is 1290. The van der Waals surface area contributed by atoms with Gasteiger partial charge in [-0.1, -0.05) is 39.3 Å². The minimum Gasteiger partial charge on any atom is -0.145 e. The molecule has 0 spiro atoms. The summed E-state index contributed by atoms with van der Waals surface area (Å²) in [5.41, 5.74) is 14.8. The van der Waals surface area contributed by atoms with Crippen LogP contribution >= 0.6 is 7.68 Å². The molecule has 3 aromatic rings. The fourth-order valence-corrected chi connectivity index (χ4v) is 37.1. The monoisotopic (exact) mass is 779 g/mol. The summed E-state index contributed by atoms with van der Waals surface area (Å²) in [6.45, 7) is 43.0. The summed E-state index contributed by atoms with van der Waals surface area (Å²) in [5.74, 6) is 2.98. The molecule has 0 aliphatic carbocycles. The van der Waals surface area contributed by atoms with Crippen molar-refractivity contribution in [1.82, 2.24) is 0 Å². The second-order valence-corrected chi connectivity index (χ2v) is 40.1. The molecule has 0 aromatic heterocycles. The first-order valence-electron chi connectivity index (χ1n) is 18.0. The Labute approximate surface area is 303 Å². The standard InChI is InChI=1S/C36H49.C6H19PSi2.Sn/c1-21(2)29-17-31(23(5)6)35(32(18-29)24(7)8)27-14-13-15-28(16-27)36-33(25(9)10)19-30(22(3)4)20-34(36)26(11)12;1-8(2,3)7-9(4,5)6;/h13-15,17-26H,1-12H3;7H,1-6H3;. The van der Waals surface area contributed by atoms with E-state index in [1.165, 1.54) is 89.4 Å². The molecule has 3 aromatic carbocycles. The fraction of sp³-hybridized carbons (Fsp3) is 0.571. The van der Waals surface area contributed by atoms with Gasteiger partial charge in [-0.15, -0.1) is 7.68 Å². The van der Waals surface area contributed by atoms with E-state index in [1.54, 1.807) is 0 Å². The van der Waals surface area contributed by atoms with E-state index in [-0.39, 0.29) is 0 Å². The summed E-state index contributed by atoms with van der Waals surface area (Å²) in [5, 5.41) is 0. The summed E-state index contributed by atoms with van der Waals surface area (Å²) in [6.07, 6.45) is 0. The van der Waals surface area contributed by atoms with Crippen LogP contribution in [-0.4, -0.2) is 38.0 Å². The van der Waals surface area contributed by atoms with Gasteiger partial charge < -0.3 is 0 Å². The normalized spacial score (nSPS) is 12.6. The predicted molar refractivity (Wildman–Crippen MR) is 222 cm³/mol. The van der Waals surface area contributed by atoms with Gasteiger partial charge >= 0.3 is 243 Å². The smallest absolute Gasteiger partial charge is 0.0646 e. The van der Waals surface area contributed by atoms with E-state index in [2.05, 4.69) is 165 Å². The summed E-state index contributed by atoms with van der Waals surface area (Å²) in [4.78, 5) is 0. The molecule has 0 fully saturated rings. The Morgan fingerprint density at radius 2 is 0.717 bits per heavy atom. The van der Waals surface area contributed by atoms with Gasteiger partial charge in [0.2, 0.25) is 0 Å². The summed E-state index contributed by atoms with van der Waals surface area (Å²) in [6, 6.07) is 17.1. The van der Waals surface area contributed by atoms with Crippen molar-refractivity contribution in [2.75, 3.05) is 0 Å². The van der Waals surface area contributed by atoms with Gasteiger partial charge in [-0.05, 0) is 0 Å². The zero-order valence-corrected chi connectivity index (χ0v) is 38.9. The summed E-state index contributed by atoms with van der Waals surface area (Å²) in [7, 11) is -0.0775. The predicted octanol–water partition coefficient (Wildman–Crippen LogP) is 13.9. The van der Waals surface area contributed by atoms with Gasteiger partial charge in [-0.3, -0.25) is 0 Å². The van der Waals surface area contributed by atoms with Crippen LogP contribution in [0.2, 0.25) is 39.3 Å². The van der Waals surface area contributed by atoms with Gasteiger partial charge in [-0.25, -0.2) is 0 Å². The molecule has 0 heterocycles. The molecule has 4 heteroatoms. The van der Waals surface area contributed by atoms with E-state index in [1.807, 2.05) is 0 Å². The molecule has 46 heavy (non-hydrogen) atoms. The molecule has 253 valence electrons. The van der Waals surface area contributed by atoms with Crippen LogP contribution in [0.1, 0.15) is 152 Å². The summed E-state index contributed by atoms with van der Waals surface area (Å²) >= 11 is 1.49. The average molecular weight is 779 g/mol. The Hall–Kier alpha value is -0.678. The Morgan fingerprint density at radius 1 is 0.457 bits per heavy atom. The number of benzene rings is 3. The molecule has 0 aliphatic heterocycles. The first kappa shape index (κ1) is 41.5. The number of hydrogen-bond acceptors (Lipinski definition) is 0. The van der Waals surface area contributed by atoms with Gasteiger partial charge in [0, 0.05) is 0 Å². The van der Waals surface area contributed by atoms with E-state index >= 15 is 0 Å². The van der Waals surface area contributed by atoms with Gasteiger partial charge in [0.1, 0.15) is 0 Å². The molecule has 3 rings (SSSR count). The van der Waals surface area contributed by atoms with Crippen molar-refractivity contribution < 1.29 is 0 Å². The van der Waals surface area contributed by atoms with Crippen LogP contribution in [0.4, 0.5) is 0 Å². The quantitative estimate of drug-likeness (QED) is 0.142. The molecule has 0 bridgehead atoms. The van der Waals surface area contributed by atoms with Gasteiger partial charge in [0.25, 0.3) is 0 Å².